The van der Waals surface area contributed by atoms with Gasteiger partial charge in [0.05, 0.1) is 6.61 Å². The molecule has 0 amide bonds. The van der Waals surface area contributed by atoms with Gasteiger partial charge in [0.25, 0.3) is 0 Å². The van der Waals surface area contributed by atoms with E-state index in [2.05, 4.69) is 25.2 Å². The lowest BCUT2D eigenvalue weighted by Gasteiger charge is -2.17. The molecule has 0 bridgehead atoms. The molecule has 1 N–H and O–H groups in total. The molecule has 0 saturated carbocycles. The van der Waals surface area contributed by atoms with Crippen molar-refractivity contribution in [3.63, 3.8) is 0 Å². The quantitative estimate of drug-likeness (QED) is 0.924. The zero-order chi connectivity index (χ0) is 15.0. The van der Waals surface area contributed by atoms with Crippen LogP contribution in [0.1, 0.15) is 25.0 Å². The molecule has 1 aliphatic rings. The van der Waals surface area contributed by atoms with Crippen LogP contribution in [0.4, 0.5) is 4.39 Å². The van der Waals surface area contributed by atoms with Crippen LogP contribution in [0.15, 0.2) is 36.4 Å². The Kier molecular flexibility index (Phi) is 3.46. The van der Waals surface area contributed by atoms with Crippen LogP contribution in [-0.4, -0.2) is 13.7 Å². The summed E-state index contributed by atoms with van der Waals surface area (Å²) in [6.45, 7) is 5.71. The van der Waals surface area contributed by atoms with E-state index in [0.29, 0.717) is 13.2 Å². The maximum atomic E-state index is 13.5. The number of rotatable bonds is 3. The van der Waals surface area contributed by atoms with Gasteiger partial charge in [0, 0.05) is 17.5 Å². The molecule has 0 atom stereocenters. The van der Waals surface area contributed by atoms with E-state index < -0.39 is 0 Å². The van der Waals surface area contributed by atoms with Gasteiger partial charge in [0.1, 0.15) is 11.6 Å². The number of nitrogens with one attached hydrogen (secondary N) is 1. The van der Waals surface area contributed by atoms with Crippen LogP contribution in [0.3, 0.4) is 0 Å². The number of ether oxygens (including phenoxy) is 1. The molecule has 2 nitrogen and oxygen atoms in total. The van der Waals surface area contributed by atoms with Gasteiger partial charge < -0.3 is 10.1 Å². The van der Waals surface area contributed by atoms with Crippen molar-refractivity contribution in [2.45, 2.75) is 25.8 Å². The predicted molar refractivity (Wildman–Crippen MR) is 83.1 cm³/mol. The van der Waals surface area contributed by atoms with Crippen molar-refractivity contribution >= 4 is 0 Å². The minimum Gasteiger partial charge on any atom is -0.492 e. The van der Waals surface area contributed by atoms with Crippen LogP contribution in [0, 0.1) is 5.82 Å². The predicted octanol–water partition coefficient (Wildman–Crippen LogP) is 3.88. The highest BCUT2D eigenvalue weighted by molar-refractivity contribution is 5.70. The third-order valence-electron chi connectivity index (χ3n) is 4.04. The molecule has 110 valence electrons. The first kappa shape index (κ1) is 14.1. The first-order valence-electron chi connectivity index (χ1n) is 7.22. The molecular formula is C18H20FNO. The summed E-state index contributed by atoms with van der Waals surface area (Å²) in [5.74, 6) is 0.759. The summed E-state index contributed by atoms with van der Waals surface area (Å²) in [7, 11) is 1.87. The second-order valence-corrected chi connectivity index (χ2v) is 6.22. The summed E-state index contributed by atoms with van der Waals surface area (Å²) in [5, 5.41) is 3.10. The molecule has 0 fully saturated rings. The number of hydrogen-bond acceptors (Lipinski definition) is 2. The topological polar surface area (TPSA) is 21.3 Å². The van der Waals surface area contributed by atoms with Gasteiger partial charge in [-0.2, -0.15) is 0 Å². The highest BCUT2D eigenvalue weighted by Gasteiger charge is 2.31. The summed E-state index contributed by atoms with van der Waals surface area (Å²) in [6, 6.07) is 11.2. The van der Waals surface area contributed by atoms with Gasteiger partial charge in [-0.25, -0.2) is 4.39 Å². The average Bonchev–Trinajstić information content (AvgIpc) is 2.75. The number of benzene rings is 2. The van der Waals surface area contributed by atoms with Crippen LogP contribution < -0.4 is 10.1 Å². The van der Waals surface area contributed by atoms with Crippen LogP contribution in [0.2, 0.25) is 0 Å². The van der Waals surface area contributed by atoms with E-state index in [1.54, 1.807) is 6.07 Å². The highest BCUT2D eigenvalue weighted by Crippen LogP contribution is 2.41. The van der Waals surface area contributed by atoms with Crippen molar-refractivity contribution < 1.29 is 9.13 Å². The van der Waals surface area contributed by atoms with E-state index in [4.69, 9.17) is 4.74 Å². The fourth-order valence-electron chi connectivity index (χ4n) is 2.87. The Morgan fingerprint density at radius 2 is 2.00 bits per heavy atom. The van der Waals surface area contributed by atoms with Crippen LogP contribution in [-0.2, 0) is 12.0 Å². The first-order valence-corrected chi connectivity index (χ1v) is 7.22. The third-order valence-corrected chi connectivity index (χ3v) is 4.04. The van der Waals surface area contributed by atoms with Crippen LogP contribution >= 0.6 is 0 Å². The second-order valence-electron chi connectivity index (χ2n) is 6.22. The Morgan fingerprint density at radius 1 is 1.19 bits per heavy atom. The van der Waals surface area contributed by atoms with E-state index in [1.165, 1.54) is 11.6 Å². The van der Waals surface area contributed by atoms with Crippen LogP contribution in [0.5, 0.6) is 5.75 Å². The monoisotopic (exact) mass is 285 g/mol. The molecule has 1 heterocycles. The first-order chi connectivity index (χ1) is 10.0. The van der Waals surface area contributed by atoms with Gasteiger partial charge in [-0.15, -0.1) is 0 Å². The molecule has 21 heavy (non-hydrogen) atoms. The second kappa shape index (κ2) is 5.15. The summed E-state index contributed by atoms with van der Waals surface area (Å²) in [6.07, 6.45) is 0. The van der Waals surface area contributed by atoms with Gasteiger partial charge in [-0.1, -0.05) is 26.0 Å². The largest absolute Gasteiger partial charge is 0.492 e. The van der Waals surface area contributed by atoms with Crippen molar-refractivity contribution in [3.8, 4) is 16.9 Å². The average molecular weight is 285 g/mol. The molecular weight excluding hydrogens is 265 g/mol. The Hall–Kier alpha value is -1.87. The third kappa shape index (κ3) is 2.54. The fraction of sp³-hybridized carbons (Fsp3) is 0.333. The van der Waals surface area contributed by atoms with E-state index in [9.17, 15) is 4.39 Å². The van der Waals surface area contributed by atoms with E-state index in [-0.39, 0.29) is 11.2 Å². The standard InChI is InChI=1S/C18H20FNO/c1-18(2)11-21-17-7-4-12(9-16(17)18)15-6-5-14(19)8-13(15)10-20-3/h4-9,20H,10-11H2,1-3H3. The Bertz CT molecular complexity index is 679. The molecule has 0 unspecified atom stereocenters. The maximum absolute atomic E-state index is 13.5. The number of halogens is 1. The highest BCUT2D eigenvalue weighted by atomic mass is 19.1. The Labute approximate surface area is 125 Å². The summed E-state index contributed by atoms with van der Waals surface area (Å²) >= 11 is 0. The molecule has 3 heteroatoms. The smallest absolute Gasteiger partial charge is 0.123 e. The van der Waals surface area contributed by atoms with Crippen molar-refractivity contribution in [2.24, 2.45) is 0 Å². The summed E-state index contributed by atoms with van der Waals surface area (Å²) in [5.41, 5.74) is 4.39. The van der Waals surface area contributed by atoms with Crippen molar-refractivity contribution in [1.82, 2.24) is 5.32 Å². The SMILES string of the molecule is CNCc1cc(F)ccc1-c1ccc2c(c1)C(C)(C)CO2. The van der Waals surface area contributed by atoms with Gasteiger partial charge in [0.2, 0.25) is 0 Å². The lowest BCUT2D eigenvalue weighted by molar-refractivity contribution is 0.291. The van der Waals surface area contributed by atoms with Gasteiger partial charge in [-0.3, -0.25) is 0 Å². The van der Waals surface area contributed by atoms with Gasteiger partial charge in [0.15, 0.2) is 0 Å². The maximum Gasteiger partial charge on any atom is 0.123 e. The van der Waals surface area contributed by atoms with E-state index >= 15 is 0 Å². The minimum absolute atomic E-state index is 0.0224. The molecule has 3 rings (SSSR count). The normalized spacial score (nSPS) is 15.6. The zero-order valence-corrected chi connectivity index (χ0v) is 12.7. The Balaban J connectivity index is 2.10. The van der Waals surface area contributed by atoms with Crippen LogP contribution in [0.25, 0.3) is 11.1 Å². The lowest BCUT2D eigenvalue weighted by Crippen LogP contribution is -2.18. The number of hydrogen-bond donors (Lipinski definition) is 1. The van der Waals surface area contributed by atoms with E-state index in [1.807, 2.05) is 25.2 Å². The molecule has 0 saturated heterocycles. The van der Waals surface area contributed by atoms with E-state index in [0.717, 1.165) is 22.4 Å². The summed E-state index contributed by atoms with van der Waals surface area (Å²) in [4.78, 5) is 0. The molecule has 0 aliphatic carbocycles. The molecule has 2 aromatic rings. The van der Waals surface area contributed by atoms with Crippen molar-refractivity contribution in [1.29, 1.82) is 0 Å². The molecule has 2 aromatic carbocycles. The van der Waals surface area contributed by atoms with Crippen molar-refractivity contribution in [2.75, 3.05) is 13.7 Å². The zero-order valence-electron chi connectivity index (χ0n) is 12.7. The molecule has 0 spiro atoms. The number of fused-ring (bicyclic) bond motifs is 1. The summed E-state index contributed by atoms with van der Waals surface area (Å²) < 4.78 is 19.2. The molecule has 0 radical (unpaired) electrons. The molecule has 0 aromatic heterocycles. The lowest BCUT2D eigenvalue weighted by atomic mass is 9.85. The van der Waals surface area contributed by atoms with Gasteiger partial charge in [-0.05, 0) is 48.0 Å². The minimum atomic E-state index is -0.200. The molecule has 1 aliphatic heterocycles. The van der Waals surface area contributed by atoms with Gasteiger partial charge >= 0.3 is 0 Å². The Morgan fingerprint density at radius 3 is 2.76 bits per heavy atom. The van der Waals surface area contributed by atoms with Crippen molar-refractivity contribution in [3.05, 3.63) is 53.3 Å². The fourth-order valence-corrected chi connectivity index (χ4v) is 2.87.